The quantitative estimate of drug-likeness (QED) is 0.595. The Morgan fingerprint density at radius 2 is 1.90 bits per heavy atom. The molecule has 0 amide bonds. The van der Waals surface area contributed by atoms with Gasteiger partial charge in [0, 0.05) is 22.4 Å². The van der Waals surface area contributed by atoms with Crippen molar-refractivity contribution in [3.05, 3.63) is 69.9 Å². The number of fused-ring (bicyclic) bond motifs is 3. The molecule has 2 aliphatic rings. The van der Waals surface area contributed by atoms with Crippen LogP contribution in [0.15, 0.2) is 46.9 Å². The maximum Gasteiger partial charge on any atom is 0.225 e. The molecule has 3 N–H and O–H groups in total. The van der Waals surface area contributed by atoms with Crippen LogP contribution in [0.3, 0.4) is 0 Å². The van der Waals surface area contributed by atoms with Gasteiger partial charge in [0.05, 0.1) is 12.7 Å². The van der Waals surface area contributed by atoms with Crippen LogP contribution in [0.25, 0.3) is 11.0 Å². The van der Waals surface area contributed by atoms with E-state index in [2.05, 4.69) is 0 Å². The highest BCUT2D eigenvalue weighted by Gasteiger charge is 2.57. The smallest absolute Gasteiger partial charge is 0.225 e. The molecule has 0 aliphatic carbocycles. The Labute approximate surface area is 172 Å². The second-order valence-corrected chi connectivity index (χ2v) is 8.14. The molecular weight excluding hydrogens is 396 g/mol. The normalized spacial score (nSPS) is 31.5. The van der Waals surface area contributed by atoms with Gasteiger partial charge in [0.1, 0.15) is 29.7 Å². The summed E-state index contributed by atoms with van der Waals surface area (Å²) in [6, 6.07) is 13.4. The molecule has 3 aromatic rings. The molecule has 152 valence electrons. The molecule has 0 unspecified atom stereocenters. The summed E-state index contributed by atoms with van der Waals surface area (Å²) in [5.41, 5.74) is 2.98. The molecular formula is C22H21ClO6. The highest BCUT2D eigenvalue weighted by atomic mass is 35.5. The highest BCUT2D eigenvalue weighted by molar-refractivity contribution is 6.31. The Hall–Kier alpha value is -1.93. The molecule has 1 saturated heterocycles. The molecule has 5 rings (SSSR count). The maximum atomic E-state index is 10.7. The Morgan fingerprint density at radius 1 is 1.10 bits per heavy atom. The zero-order valence-electron chi connectivity index (χ0n) is 15.7. The Balaban J connectivity index is 1.54. The predicted molar refractivity (Wildman–Crippen MR) is 106 cm³/mol. The fraction of sp³-hybridized carbons (Fsp3) is 0.364. The van der Waals surface area contributed by atoms with Gasteiger partial charge in [-0.15, -0.1) is 0 Å². The molecule has 1 aromatic heterocycles. The van der Waals surface area contributed by atoms with E-state index in [1.165, 1.54) is 0 Å². The monoisotopic (exact) mass is 416 g/mol. The molecule has 1 spiro atoms. The Bertz CT molecular complexity index is 1050. The number of ether oxygens (including phenoxy) is 2. The summed E-state index contributed by atoms with van der Waals surface area (Å²) in [6.45, 7) is 1.82. The molecule has 6 nitrogen and oxygen atoms in total. The SMILES string of the molecule is C[C@H]1O[C@]2(OCc3cc(Cl)c(Cc4cc5ccccc5o4)cc32)[C@H](O)[C@@H](O)[C@@H]1O. The predicted octanol–water partition coefficient (Wildman–Crippen LogP) is 2.86. The third-order valence-electron chi connectivity index (χ3n) is 5.84. The summed E-state index contributed by atoms with van der Waals surface area (Å²) < 4.78 is 17.6. The molecule has 1 fully saturated rings. The van der Waals surface area contributed by atoms with E-state index >= 15 is 0 Å². The van der Waals surface area contributed by atoms with Gasteiger partial charge in [-0.2, -0.15) is 0 Å². The molecule has 5 atom stereocenters. The summed E-state index contributed by atoms with van der Waals surface area (Å²) in [4.78, 5) is 0. The Kier molecular flexibility index (Phi) is 4.47. The highest BCUT2D eigenvalue weighted by Crippen LogP contribution is 2.47. The summed E-state index contributed by atoms with van der Waals surface area (Å²) in [5, 5.41) is 32.6. The van der Waals surface area contributed by atoms with E-state index in [1.807, 2.05) is 36.4 Å². The Morgan fingerprint density at radius 3 is 2.69 bits per heavy atom. The van der Waals surface area contributed by atoms with Gasteiger partial charge in [-0.05, 0) is 42.3 Å². The first-order valence-electron chi connectivity index (χ1n) is 9.54. The average Bonchev–Trinajstić information content (AvgIpc) is 3.27. The van der Waals surface area contributed by atoms with Crippen molar-refractivity contribution in [2.45, 2.75) is 50.2 Å². The summed E-state index contributed by atoms with van der Waals surface area (Å²) in [5.74, 6) is -0.782. The lowest BCUT2D eigenvalue weighted by Crippen LogP contribution is -2.62. The third kappa shape index (κ3) is 2.91. The lowest BCUT2D eigenvalue weighted by Gasteiger charge is -2.45. The molecule has 0 bridgehead atoms. The fourth-order valence-electron chi connectivity index (χ4n) is 4.26. The number of aliphatic hydroxyl groups is 3. The lowest BCUT2D eigenvalue weighted by molar-refractivity contribution is -0.362. The van der Waals surface area contributed by atoms with E-state index in [1.54, 1.807) is 13.0 Å². The van der Waals surface area contributed by atoms with Crippen LogP contribution >= 0.6 is 11.6 Å². The zero-order valence-corrected chi connectivity index (χ0v) is 16.5. The van der Waals surface area contributed by atoms with Gasteiger partial charge < -0.3 is 29.2 Å². The largest absolute Gasteiger partial charge is 0.461 e. The lowest BCUT2D eigenvalue weighted by atomic mass is 9.87. The van der Waals surface area contributed by atoms with Crippen LogP contribution in [0.4, 0.5) is 0 Å². The van der Waals surface area contributed by atoms with Crippen molar-refractivity contribution < 1.29 is 29.2 Å². The van der Waals surface area contributed by atoms with Gasteiger partial charge in [0.25, 0.3) is 0 Å². The first kappa shape index (κ1) is 19.1. The van der Waals surface area contributed by atoms with E-state index in [9.17, 15) is 15.3 Å². The minimum atomic E-state index is -1.54. The van der Waals surface area contributed by atoms with Crippen LogP contribution in [0.2, 0.25) is 5.02 Å². The summed E-state index contributed by atoms with van der Waals surface area (Å²) in [6.07, 6.45) is -4.29. The van der Waals surface area contributed by atoms with Gasteiger partial charge in [0.2, 0.25) is 5.79 Å². The maximum absolute atomic E-state index is 10.7. The van der Waals surface area contributed by atoms with Crippen LogP contribution in [-0.2, 0) is 28.3 Å². The van der Waals surface area contributed by atoms with Gasteiger partial charge >= 0.3 is 0 Å². The number of halogens is 1. The minimum absolute atomic E-state index is 0.187. The molecule has 0 saturated carbocycles. The number of furan rings is 1. The molecule has 29 heavy (non-hydrogen) atoms. The summed E-state index contributed by atoms with van der Waals surface area (Å²) in [7, 11) is 0. The number of rotatable bonds is 2. The van der Waals surface area contributed by atoms with Crippen LogP contribution in [-0.4, -0.2) is 39.7 Å². The van der Waals surface area contributed by atoms with Crippen molar-refractivity contribution in [2.24, 2.45) is 0 Å². The third-order valence-corrected chi connectivity index (χ3v) is 6.19. The topological polar surface area (TPSA) is 92.3 Å². The van der Waals surface area contributed by atoms with Gasteiger partial charge in [0.15, 0.2) is 0 Å². The molecule has 3 heterocycles. The van der Waals surface area contributed by atoms with E-state index in [0.717, 1.165) is 27.9 Å². The van der Waals surface area contributed by atoms with E-state index in [4.69, 9.17) is 25.5 Å². The van der Waals surface area contributed by atoms with Crippen molar-refractivity contribution in [3.8, 4) is 0 Å². The van der Waals surface area contributed by atoms with Gasteiger partial charge in [-0.1, -0.05) is 29.8 Å². The van der Waals surface area contributed by atoms with Crippen molar-refractivity contribution in [1.29, 1.82) is 0 Å². The van der Waals surface area contributed by atoms with Crippen LogP contribution in [0, 0.1) is 0 Å². The van der Waals surface area contributed by atoms with Crippen molar-refractivity contribution in [2.75, 3.05) is 0 Å². The van der Waals surface area contributed by atoms with Gasteiger partial charge in [-0.3, -0.25) is 0 Å². The minimum Gasteiger partial charge on any atom is -0.461 e. The zero-order chi connectivity index (χ0) is 20.3. The molecule has 0 radical (unpaired) electrons. The number of hydrogen-bond acceptors (Lipinski definition) is 6. The number of para-hydroxylation sites is 1. The van der Waals surface area contributed by atoms with E-state index in [-0.39, 0.29) is 6.61 Å². The van der Waals surface area contributed by atoms with Crippen LogP contribution < -0.4 is 0 Å². The van der Waals surface area contributed by atoms with Crippen LogP contribution in [0.5, 0.6) is 0 Å². The number of benzene rings is 2. The van der Waals surface area contributed by atoms with E-state index in [0.29, 0.717) is 17.0 Å². The van der Waals surface area contributed by atoms with E-state index < -0.39 is 30.2 Å². The standard InChI is InChI=1S/C22H21ClO6/c1-11-19(24)20(25)21(26)22(29-11)16-8-13(17(23)9-14(16)10-27-22)7-15-6-12-4-2-3-5-18(12)28-15/h2-6,8-9,11,19-21,24-26H,7,10H2,1H3/t11-,19-,20+,21-,22+/m1/s1. The number of aliphatic hydroxyl groups excluding tert-OH is 3. The number of hydrogen-bond donors (Lipinski definition) is 3. The average molecular weight is 417 g/mol. The van der Waals surface area contributed by atoms with Gasteiger partial charge in [-0.25, -0.2) is 0 Å². The second kappa shape index (κ2) is 6.80. The van der Waals surface area contributed by atoms with Crippen molar-refractivity contribution in [3.63, 3.8) is 0 Å². The molecule has 7 heteroatoms. The van der Waals surface area contributed by atoms with Crippen molar-refractivity contribution >= 4 is 22.6 Å². The second-order valence-electron chi connectivity index (χ2n) is 7.73. The van der Waals surface area contributed by atoms with Crippen molar-refractivity contribution in [1.82, 2.24) is 0 Å². The molecule has 2 aliphatic heterocycles. The fourth-order valence-corrected chi connectivity index (χ4v) is 4.51. The summed E-state index contributed by atoms with van der Waals surface area (Å²) >= 11 is 6.51. The first-order valence-corrected chi connectivity index (χ1v) is 9.92. The first-order chi connectivity index (χ1) is 13.9. The molecule has 2 aromatic carbocycles. The van der Waals surface area contributed by atoms with Crippen LogP contribution in [0.1, 0.15) is 29.4 Å².